The van der Waals surface area contributed by atoms with Crippen molar-refractivity contribution in [1.29, 1.82) is 0 Å². The van der Waals surface area contributed by atoms with E-state index in [0.29, 0.717) is 19.0 Å². The molecule has 1 aromatic carbocycles. The third-order valence-electron chi connectivity index (χ3n) is 7.88. The largest absolute Gasteiger partial charge is 0.303 e. The second-order valence-corrected chi connectivity index (χ2v) is 12.9. The van der Waals surface area contributed by atoms with Crippen molar-refractivity contribution >= 4 is 26.1 Å². The summed E-state index contributed by atoms with van der Waals surface area (Å²) >= 11 is 3.56. The summed E-state index contributed by atoms with van der Waals surface area (Å²) in [6, 6.07) is 5.11. The van der Waals surface area contributed by atoms with Crippen LogP contribution in [-0.2, 0) is 16.6 Å². The number of nitrogens with one attached hydrogen (secondary N) is 1. The van der Waals surface area contributed by atoms with Gasteiger partial charge >= 0.3 is 0 Å². The Hall–Kier alpha value is -0.540. The molecule has 5 nitrogen and oxygen atoms in total. The van der Waals surface area contributed by atoms with E-state index in [1.165, 1.54) is 31.7 Å². The summed E-state index contributed by atoms with van der Waals surface area (Å²) in [5, 5.41) is 0. The number of benzene rings is 1. The summed E-state index contributed by atoms with van der Waals surface area (Å²) in [5.74, 6) is 1.23. The predicted octanol–water partition coefficient (Wildman–Crippen LogP) is 5.11. The fraction of sp³-hybridized carbons (Fsp3) is 0.760. The Morgan fingerprint density at radius 1 is 0.970 bits per heavy atom. The maximum atomic E-state index is 13.6. The molecule has 8 heteroatoms. The average molecular weight is 545 g/mol. The molecule has 2 saturated heterocycles. The van der Waals surface area contributed by atoms with E-state index in [9.17, 15) is 12.8 Å². The van der Waals surface area contributed by atoms with Gasteiger partial charge in [0.25, 0.3) is 10.2 Å². The van der Waals surface area contributed by atoms with Crippen LogP contribution in [0.5, 0.6) is 0 Å². The molecule has 3 fully saturated rings. The van der Waals surface area contributed by atoms with Crippen LogP contribution < -0.4 is 4.72 Å². The zero-order chi connectivity index (χ0) is 23.3. The van der Waals surface area contributed by atoms with Gasteiger partial charge in [-0.15, -0.1) is 0 Å². The van der Waals surface area contributed by atoms with Crippen molar-refractivity contribution in [2.75, 3.05) is 32.7 Å². The summed E-state index contributed by atoms with van der Waals surface area (Å²) in [6.45, 7) is 4.79. The minimum atomic E-state index is -3.28. The molecule has 1 aromatic rings. The van der Waals surface area contributed by atoms with Gasteiger partial charge in [-0.05, 0) is 126 Å². The van der Waals surface area contributed by atoms with Crippen LogP contribution in [0.3, 0.4) is 0 Å². The molecule has 33 heavy (non-hydrogen) atoms. The van der Waals surface area contributed by atoms with Crippen LogP contribution in [0.25, 0.3) is 0 Å². The molecule has 0 atom stereocenters. The molecule has 0 aromatic heterocycles. The first-order valence-corrected chi connectivity index (χ1v) is 15.1. The summed E-state index contributed by atoms with van der Waals surface area (Å²) in [4.78, 5) is 2.59. The second-order valence-electron chi connectivity index (χ2n) is 10.3. The molecule has 3 aliphatic rings. The Balaban J connectivity index is 1.09. The Labute approximate surface area is 207 Å². The molecule has 0 spiro atoms. The highest BCUT2D eigenvalue weighted by atomic mass is 79.9. The molecule has 0 bridgehead atoms. The van der Waals surface area contributed by atoms with Gasteiger partial charge in [-0.2, -0.15) is 17.4 Å². The van der Waals surface area contributed by atoms with Crippen LogP contribution in [0.1, 0.15) is 69.8 Å². The SMILES string of the molecule is O=S(=O)(N[C@H]1CC[C@H](CCCN2CCC(Cc3cc(F)ccc3Br)CC2)CC1)N1CCCC1. The molecule has 2 aliphatic heterocycles. The van der Waals surface area contributed by atoms with Gasteiger partial charge in [0.2, 0.25) is 0 Å². The molecule has 1 aliphatic carbocycles. The van der Waals surface area contributed by atoms with Crippen molar-refractivity contribution in [3.05, 3.63) is 34.1 Å². The highest BCUT2D eigenvalue weighted by Gasteiger charge is 2.30. The first kappa shape index (κ1) is 25.5. The molecule has 0 unspecified atom stereocenters. The zero-order valence-corrected chi connectivity index (χ0v) is 22.1. The van der Waals surface area contributed by atoms with Crippen molar-refractivity contribution in [2.24, 2.45) is 11.8 Å². The van der Waals surface area contributed by atoms with Crippen molar-refractivity contribution < 1.29 is 12.8 Å². The summed E-state index contributed by atoms with van der Waals surface area (Å²) < 4.78 is 44.1. The maximum absolute atomic E-state index is 13.6. The van der Waals surface area contributed by atoms with Gasteiger partial charge in [0.1, 0.15) is 5.82 Å². The van der Waals surface area contributed by atoms with Crippen LogP contribution in [0.4, 0.5) is 4.39 Å². The molecule has 0 radical (unpaired) electrons. The topological polar surface area (TPSA) is 52.7 Å². The van der Waals surface area contributed by atoms with Crippen molar-refractivity contribution in [2.45, 2.75) is 76.7 Å². The van der Waals surface area contributed by atoms with E-state index in [-0.39, 0.29) is 11.9 Å². The molecule has 0 amide bonds. The molecule has 1 saturated carbocycles. The number of piperidine rings is 1. The zero-order valence-electron chi connectivity index (χ0n) is 19.7. The fourth-order valence-corrected chi connectivity index (χ4v) is 7.76. The second kappa shape index (κ2) is 11.9. The van der Waals surface area contributed by atoms with Crippen LogP contribution >= 0.6 is 15.9 Å². The number of nitrogens with zero attached hydrogens (tertiary/aromatic N) is 2. The molecular formula is C25H39BrFN3O2S. The summed E-state index contributed by atoms with van der Waals surface area (Å²) in [7, 11) is -3.28. The molecule has 186 valence electrons. The lowest BCUT2D eigenvalue weighted by molar-refractivity contribution is 0.174. The highest BCUT2D eigenvalue weighted by molar-refractivity contribution is 9.10. The smallest absolute Gasteiger partial charge is 0.279 e. The van der Waals surface area contributed by atoms with Crippen LogP contribution in [0, 0.1) is 17.7 Å². The van der Waals surface area contributed by atoms with Crippen LogP contribution in [0.2, 0.25) is 0 Å². The first-order valence-electron chi connectivity index (χ1n) is 12.8. The van der Waals surface area contributed by atoms with Gasteiger partial charge in [-0.1, -0.05) is 15.9 Å². The first-order chi connectivity index (χ1) is 15.9. The third-order valence-corrected chi connectivity index (χ3v) is 10.3. The van der Waals surface area contributed by atoms with E-state index in [4.69, 9.17) is 0 Å². The Morgan fingerprint density at radius 3 is 2.36 bits per heavy atom. The van der Waals surface area contributed by atoms with E-state index in [1.54, 1.807) is 10.4 Å². The summed E-state index contributed by atoms with van der Waals surface area (Å²) in [6.07, 6.45) is 12.0. The molecule has 2 heterocycles. The molecule has 1 N–H and O–H groups in total. The minimum Gasteiger partial charge on any atom is -0.303 e. The number of likely N-dealkylation sites (tertiary alicyclic amines) is 1. The van der Waals surface area contributed by atoms with Crippen molar-refractivity contribution in [3.63, 3.8) is 0 Å². The van der Waals surface area contributed by atoms with E-state index < -0.39 is 10.2 Å². The number of halogens is 2. The minimum absolute atomic E-state index is 0.115. The Morgan fingerprint density at radius 2 is 1.67 bits per heavy atom. The van der Waals surface area contributed by atoms with Crippen molar-refractivity contribution in [3.8, 4) is 0 Å². The van der Waals surface area contributed by atoms with E-state index in [1.807, 2.05) is 6.07 Å². The lowest BCUT2D eigenvalue weighted by Gasteiger charge is -2.33. The van der Waals surface area contributed by atoms with Crippen LogP contribution in [0.15, 0.2) is 22.7 Å². The summed E-state index contributed by atoms with van der Waals surface area (Å²) in [5.41, 5.74) is 1.09. The predicted molar refractivity (Wildman–Crippen MR) is 135 cm³/mol. The van der Waals surface area contributed by atoms with E-state index in [2.05, 4.69) is 25.6 Å². The number of rotatable bonds is 9. The lowest BCUT2D eigenvalue weighted by Crippen LogP contribution is -2.45. The van der Waals surface area contributed by atoms with E-state index >= 15 is 0 Å². The van der Waals surface area contributed by atoms with Gasteiger partial charge in [0.15, 0.2) is 0 Å². The Kier molecular flexibility index (Phi) is 9.24. The van der Waals surface area contributed by atoms with Gasteiger partial charge in [0.05, 0.1) is 0 Å². The lowest BCUT2D eigenvalue weighted by atomic mass is 9.83. The van der Waals surface area contributed by atoms with Gasteiger partial charge < -0.3 is 4.90 Å². The van der Waals surface area contributed by atoms with Gasteiger partial charge in [-0.3, -0.25) is 0 Å². The Bertz CT molecular complexity index is 862. The van der Waals surface area contributed by atoms with Crippen molar-refractivity contribution in [1.82, 2.24) is 13.9 Å². The van der Waals surface area contributed by atoms with E-state index in [0.717, 1.165) is 80.5 Å². The molecule has 4 rings (SSSR count). The third kappa shape index (κ3) is 7.47. The normalized spacial score (nSPS) is 26.1. The number of hydrogen-bond donors (Lipinski definition) is 1. The highest BCUT2D eigenvalue weighted by Crippen LogP contribution is 2.30. The maximum Gasteiger partial charge on any atom is 0.279 e. The standard InChI is InChI=1S/C25H39BrFN3O2S/c26-25-10-7-23(27)19-22(25)18-21-11-16-29(17-12-21)13-3-4-20-5-8-24(9-6-20)28-33(31,32)30-14-1-2-15-30/h7,10,19-21,24,28H,1-6,8-9,11-18H2/t20-,24-. The number of hydrogen-bond acceptors (Lipinski definition) is 3. The van der Waals surface area contributed by atoms with Crippen LogP contribution in [-0.4, -0.2) is 56.4 Å². The molecular weight excluding hydrogens is 505 g/mol. The average Bonchev–Trinajstić information content (AvgIpc) is 3.35. The van der Waals surface area contributed by atoms with Gasteiger partial charge in [0, 0.05) is 23.6 Å². The monoisotopic (exact) mass is 543 g/mol. The van der Waals surface area contributed by atoms with Gasteiger partial charge in [-0.25, -0.2) is 4.39 Å². The quantitative estimate of drug-likeness (QED) is 0.470. The fourth-order valence-electron chi connectivity index (χ4n) is 5.81.